The van der Waals surface area contributed by atoms with Crippen molar-refractivity contribution in [1.82, 2.24) is 4.31 Å². The molecule has 0 spiro atoms. The number of nitrogens with zero attached hydrogens (tertiary/aromatic N) is 2. The predicted molar refractivity (Wildman–Crippen MR) is 69.9 cm³/mol. The Hall–Kier alpha value is -1.49. The second-order valence-corrected chi connectivity index (χ2v) is 6.71. The van der Waals surface area contributed by atoms with E-state index in [1.165, 1.54) is 16.4 Å². The second kappa shape index (κ2) is 5.48. The highest BCUT2D eigenvalue weighted by molar-refractivity contribution is 7.89. The molecule has 0 aliphatic carbocycles. The minimum absolute atomic E-state index is 0.189. The van der Waals surface area contributed by atoms with Crippen molar-refractivity contribution in [2.24, 2.45) is 0 Å². The smallest absolute Gasteiger partial charge is 0.244 e. The maximum atomic E-state index is 13.6. The molecule has 1 aliphatic heterocycles. The fraction of sp³-hybridized carbons (Fsp3) is 0.462. The van der Waals surface area contributed by atoms with E-state index >= 15 is 0 Å². The molecule has 1 aliphatic rings. The lowest BCUT2D eigenvalue weighted by Gasteiger charge is -2.34. The van der Waals surface area contributed by atoms with Crippen molar-refractivity contribution in [3.8, 4) is 6.07 Å². The molecule has 0 bridgehead atoms. The number of benzene rings is 1. The van der Waals surface area contributed by atoms with Gasteiger partial charge in [0.05, 0.1) is 12.2 Å². The van der Waals surface area contributed by atoms with Crippen LogP contribution in [-0.2, 0) is 14.8 Å². The largest absolute Gasteiger partial charge is 0.373 e. The van der Waals surface area contributed by atoms with Crippen LogP contribution in [0, 0.1) is 17.1 Å². The van der Waals surface area contributed by atoms with Gasteiger partial charge < -0.3 is 4.74 Å². The Labute approximate surface area is 117 Å². The summed E-state index contributed by atoms with van der Waals surface area (Å²) in [5, 5.41) is 8.97. The summed E-state index contributed by atoms with van der Waals surface area (Å²) in [6.45, 7) is 3.92. The third-order valence-corrected chi connectivity index (χ3v) is 4.97. The summed E-state index contributed by atoms with van der Waals surface area (Å²) >= 11 is 0. The maximum Gasteiger partial charge on any atom is 0.244 e. The molecule has 0 radical (unpaired) electrons. The number of rotatable bonds is 2. The van der Waals surface area contributed by atoms with E-state index in [-0.39, 0.29) is 30.2 Å². The predicted octanol–water partition coefficient (Wildman–Crippen LogP) is 1.50. The van der Waals surface area contributed by atoms with Gasteiger partial charge in [-0.2, -0.15) is 9.57 Å². The minimum Gasteiger partial charge on any atom is -0.373 e. The Morgan fingerprint density at radius 1 is 1.35 bits per heavy atom. The van der Waals surface area contributed by atoms with Crippen molar-refractivity contribution < 1.29 is 17.5 Å². The highest BCUT2D eigenvalue weighted by Crippen LogP contribution is 2.24. The maximum absolute atomic E-state index is 13.6. The highest BCUT2D eigenvalue weighted by atomic mass is 32.2. The number of hydrogen-bond donors (Lipinski definition) is 0. The van der Waals surface area contributed by atoms with Crippen LogP contribution in [0.5, 0.6) is 0 Å². The quantitative estimate of drug-likeness (QED) is 0.829. The summed E-state index contributed by atoms with van der Waals surface area (Å²) < 4.78 is 45.4. The van der Waals surface area contributed by atoms with Crippen LogP contribution in [0.2, 0.25) is 0 Å². The van der Waals surface area contributed by atoms with E-state index in [1.54, 1.807) is 19.9 Å². The van der Waals surface area contributed by atoms with Gasteiger partial charge in [0.15, 0.2) is 0 Å². The van der Waals surface area contributed by atoms with Gasteiger partial charge in [0, 0.05) is 13.1 Å². The molecule has 2 atom stereocenters. The molecular weight excluding hydrogens is 283 g/mol. The number of ether oxygens (including phenoxy) is 1. The Morgan fingerprint density at radius 3 is 2.50 bits per heavy atom. The number of sulfonamides is 1. The van der Waals surface area contributed by atoms with Crippen molar-refractivity contribution in [2.75, 3.05) is 13.1 Å². The van der Waals surface area contributed by atoms with Crippen molar-refractivity contribution >= 4 is 10.0 Å². The van der Waals surface area contributed by atoms with Gasteiger partial charge in [-0.25, -0.2) is 12.8 Å². The molecule has 1 aromatic carbocycles. The third-order valence-electron chi connectivity index (χ3n) is 3.09. The first kappa shape index (κ1) is 14.9. The summed E-state index contributed by atoms with van der Waals surface area (Å²) in [6.07, 6.45) is -0.486. The zero-order chi connectivity index (χ0) is 14.9. The van der Waals surface area contributed by atoms with Gasteiger partial charge >= 0.3 is 0 Å². The van der Waals surface area contributed by atoms with E-state index in [1.807, 2.05) is 0 Å². The van der Waals surface area contributed by atoms with Gasteiger partial charge in [0.1, 0.15) is 22.3 Å². The van der Waals surface area contributed by atoms with Crippen LogP contribution in [0.15, 0.2) is 23.1 Å². The SMILES string of the molecule is CC1CN(S(=O)(=O)c2cccc(F)c2C#N)CC(C)O1. The lowest BCUT2D eigenvalue weighted by atomic mass is 10.2. The van der Waals surface area contributed by atoms with Crippen molar-refractivity contribution in [3.05, 3.63) is 29.6 Å². The molecule has 0 saturated carbocycles. The van der Waals surface area contributed by atoms with E-state index in [0.29, 0.717) is 0 Å². The molecule has 1 aromatic rings. The molecule has 2 rings (SSSR count). The highest BCUT2D eigenvalue weighted by Gasteiger charge is 2.34. The zero-order valence-corrected chi connectivity index (χ0v) is 12.0. The average Bonchev–Trinajstić information content (AvgIpc) is 2.37. The molecule has 0 amide bonds. The average molecular weight is 298 g/mol. The molecule has 0 N–H and O–H groups in total. The topological polar surface area (TPSA) is 70.4 Å². The van der Waals surface area contributed by atoms with E-state index in [9.17, 15) is 12.8 Å². The van der Waals surface area contributed by atoms with Crippen LogP contribution in [0.3, 0.4) is 0 Å². The van der Waals surface area contributed by atoms with Gasteiger partial charge in [-0.1, -0.05) is 6.07 Å². The van der Waals surface area contributed by atoms with Crippen molar-refractivity contribution in [2.45, 2.75) is 31.0 Å². The normalized spacial score (nSPS) is 24.3. The van der Waals surface area contributed by atoms with E-state index in [2.05, 4.69) is 0 Å². The Kier molecular flexibility index (Phi) is 4.09. The number of halogens is 1. The minimum atomic E-state index is -3.90. The molecule has 1 saturated heterocycles. The van der Waals surface area contributed by atoms with Crippen LogP contribution >= 0.6 is 0 Å². The molecule has 20 heavy (non-hydrogen) atoms. The first-order chi connectivity index (χ1) is 9.36. The van der Waals surface area contributed by atoms with Gasteiger partial charge in [-0.3, -0.25) is 0 Å². The number of hydrogen-bond acceptors (Lipinski definition) is 4. The van der Waals surface area contributed by atoms with Crippen LogP contribution in [0.4, 0.5) is 4.39 Å². The lowest BCUT2D eigenvalue weighted by molar-refractivity contribution is -0.0440. The summed E-state index contributed by atoms with van der Waals surface area (Å²) in [7, 11) is -3.90. The Morgan fingerprint density at radius 2 is 1.95 bits per heavy atom. The number of morpholine rings is 1. The van der Waals surface area contributed by atoms with Crippen molar-refractivity contribution in [3.63, 3.8) is 0 Å². The van der Waals surface area contributed by atoms with Gasteiger partial charge in [-0.05, 0) is 26.0 Å². The summed E-state index contributed by atoms with van der Waals surface area (Å²) in [6, 6.07) is 5.23. The molecule has 2 unspecified atom stereocenters. The summed E-state index contributed by atoms with van der Waals surface area (Å²) in [4.78, 5) is -0.290. The molecule has 7 heteroatoms. The fourth-order valence-corrected chi connectivity index (χ4v) is 4.04. The molecule has 1 fully saturated rings. The monoisotopic (exact) mass is 298 g/mol. The van der Waals surface area contributed by atoms with E-state index < -0.39 is 21.4 Å². The first-order valence-corrected chi connectivity index (χ1v) is 7.64. The Bertz CT molecular complexity index is 644. The molecule has 1 heterocycles. The molecule has 0 aromatic heterocycles. The standard InChI is InChI=1S/C13H15FN2O3S/c1-9-7-16(8-10(2)19-9)20(17,18)13-5-3-4-12(14)11(13)6-15/h3-5,9-10H,7-8H2,1-2H3. The van der Waals surface area contributed by atoms with Crippen molar-refractivity contribution in [1.29, 1.82) is 5.26 Å². The number of nitriles is 1. The molecule has 108 valence electrons. The van der Waals surface area contributed by atoms with Gasteiger partial charge in [0.2, 0.25) is 10.0 Å². The van der Waals surface area contributed by atoms with Crippen LogP contribution in [0.1, 0.15) is 19.4 Å². The van der Waals surface area contributed by atoms with E-state index in [0.717, 1.165) is 6.07 Å². The van der Waals surface area contributed by atoms with E-state index in [4.69, 9.17) is 10.00 Å². The molecule has 5 nitrogen and oxygen atoms in total. The zero-order valence-electron chi connectivity index (χ0n) is 11.2. The fourth-order valence-electron chi connectivity index (χ4n) is 2.29. The van der Waals surface area contributed by atoms with Gasteiger partial charge in [-0.15, -0.1) is 0 Å². The van der Waals surface area contributed by atoms with Crippen LogP contribution in [-0.4, -0.2) is 38.0 Å². The second-order valence-electron chi connectivity index (χ2n) is 4.80. The van der Waals surface area contributed by atoms with Gasteiger partial charge in [0.25, 0.3) is 0 Å². The van der Waals surface area contributed by atoms with Crippen LogP contribution in [0.25, 0.3) is 0 Å². The molecular formula is C13H15FN2O3S. The Balaban J connectivity index is 2.46. The third kappa shape index (κ3) is 2.68. The van der Waals surface area contributed by atoms with Crippen LogP contribution < -0.4 is 0 Å². The summed E-state index contributed by atoms with van der Waals surface area (Å²) in [5.74, 6) is -0.831. The first-order valence-electron chi connectivity index (χ1n) is 6.20. The summed E-state index contributed by atoms with van der Waals surface area (Å²) in [5.41, 5.74) is -0.445. The lowest BCUT2D eigenvalue weighted by Crippen LogP contribution is -2.48.